The molecule has 1 N–H and O–H groups in total. The van der Waals surface area contributed by atoms with Crippen LogP contribution in [0, 0.1) is 0 Å². The van der Waals surface area contributed by atoms with E-state index >= 15 is 0 Å². The Kier molecular flexibility index (Phi) is 8.73. The van der Waals surface area contributed by atoms with Crippen LogP contribution in [0.4, 0.5) is 0 Å². The van der Waals surface area contributed by atoms with Gasteiger partial charge in [-0.25, -0.2) is 8.42 Å². The third-order valence-corrected chi connectivity index (χ3v) is 4.21. The van der Waals surface area contributed by atoms with Gasteiger partial charge in [-0.3, -0.25) is 4.55 Å². The molecular weight excluding hydrogens is 374 g/mol. The zero-order valence-corrected chi connectivity index (χ0v) is 19.0. The maximum atomic E-state index is 11.8. The summed E-state index contributed by atoms with van der Waals surface area (Å²) in [7, 11) is -10.1. The minimum Gasteiger partial charge on any atom is -0.871 e. The van der Waals surface area contributed by atoms with Gasteiger partial charge in [0.15, 0.2) is 0 Å². The molecule has 2 aromatic carbocycles. The van der Waals surface area contributed by atoms with Crippen LogP contribution in [0.25, 0.3) is 10.8 Å². The van der Waals surface area contributed by atoms with Crippen LogP contribution in [0.2, 0.25) is 0 Å². The van der Waals surface area contributed by atoms with Gasteiger partial charge < -0.3 is 9.66 Å². The molecule has 0 amide bonds. The van der Waals surface area contributed by atoms with Gasteiger partial charge in [-0.05, 0) is 11.5 Å². The third-order valence-electron chi connectivity index (χ3n) is 2.45. The van der Waals surface area contributed by atoms with Crippen molar-refractivity contribution in [2.45, 2.75) is 9.79 Å². The first-order chi connectivity index (χ1) is 8.62. The maximum Gasteiger partial charge on any atom is 1.00 e. The second-order valence-electron chi connectivity index (χ2n) is 3.68. The van der Waals surface area contributed by atoms with Crippen molar-refractivity contribution in [1.82, 2.24) is 0 Å². The molecule has 7 nitrogen and oxygen atoms in total. The van der Waals surface area contributed by atoms with Crippen LogP contribution in [0.15, 0.2) is 40.1 Å². The summed E-state index contributed by atoms with van der Waals surface area (Å²) in [5.74, 6) is -1.53. The Morgan fingerprint density at radius 2 is 1.52 bits per heavy atom. The van der Waals surface area contributed by atoms with Crippen LogP contribution < -0.4 is 108 Å². The molecule has 0 saturated carbocycles. The zero-order valence-electron chi connectivity index (χ0n) is 11.1. The molecule has 0 aliphatic rings. The molecule has 0 radical (unpaired) electrons. The van der Waals surface area contributed by atoms with Crippen LogP contribution in [-0.4, -0.2) is 25.9 Å². The predicted octanol–water partition coefficient (Wildman–Crippen LogP) is -5.93. The third kappa shape index (κ3) is 5.03. The SMILES string of the molecule is O=S(=O)([O-])c1cc2ccccc2c(S(=O)(=O)O)c1[O-].[K+].[K+]. The Morgan fingerprint density at radius 1 is 1.00 bits per heavy atom. The Balaban J connectivity index is 0.00000200. The Hall–Kier alpha value is 1.59. The van der Waals surface area contributed by atoms with E-state index < -0.39 is 35.8 Å². The van der Waals surface area contributed by atoms with E-state index in [9.17, 15) is 26.5 Å². The number of hydrogen-bond donors (Lipinski definition) is 1. The van der Waals surface area contributed by atoms with Crippen molar-refractivity contribution in [3.05, 3.63) is 30.3 Å². The number of fused-ring (bicyclic) bond motifs is 1. The van der Waals surface area contributed by atoms with Gasteiger partial charge in [0.1, 0.15) is 10.1 Å². The van der Waals surface area contributed by atoms with E-state index in [1.807, 2.05) is 0 Å². The van der Waals surface area contributed by atoms with Crippen LogP contribution in [0.1, 0.15) is 0 Å². The summed E-state index contributed by atoms with van der Waals surface area (Å²) < 4.78 is 64.3. The molecule has 0 spiro atoms. The topological polar surface area (TPSA) is 135 Å². The Bertz CT molecular complexity index is 876. The molecule has 0 aliphatic carbocycles. The fourth-order valence-electron chi connectivity index (χ4n) is 1.71. The van der Waals surface area contributed by atoms with Gasteiger partial charge in [-0.2, -0.15) is 8.42 Å². The summed E-state index contributed by atoms with van der Waals surface area (Å²) in [5.41, 5.74) is 0. The van der Waals surface area contributed by atoms with E-state index in [0.29, 0.717) is 0 Å². The molecule has 11 heteroatoms. The molecule has 0 saturated heterocycles. The number of rotatable bonds is 2. The van der Waals surface area contributed by atoms with Crippen molar-refractivity contribution in [3.63, 3.8) is 0 Å². The average Bonchev–Trinajstić information content (AvgIpc) is 2.24. The molecule has 0 aromatic heterocycles. The van der Waals surface area contributed by atoms with Gasteiger partial charge in [-0.15, -0.1) is 0 Å². The van der Waals surface area contributed by atoms with E-state index in [1.165, 1.54) is 24.3 Å². The molecule has 0 atom stereocenters. The van der Waals surface area contributed by atoms with Gasteiger partial charge in [0, 0.05) is 10.3 Å². The van der Waals surface area contributed by atoms with Gasteiger partial charge >= 0.3 is 103 Å². The summed E-state index contributed by atoms with van der Waals surface area (Å²) >= 11 is 0. The molecule has 102 valence electrons. The molecule has 0 fully saturated rings. The summed E-state index contributed by atoms with van der Waals surface area (Å²) in [6, 6.07) is 6.19. The molecule has 2 rings (SSSR count). The van der Waals surface area contributed by atoms with E-state index in [1.54, 1.807) is 0 Å². The largest absolute Gasteiger partial charge is 1.00 e. The van der Waals surface area contributed by atoms with Crippen molar-refractivity contribution < 1.29 is 134 Å². The second kappa shape index (κ2) is 8.11. The van der Waals surface area contributed by atoms with Gasteiger partial charge in [0.25, 0.3) is 10.1 Å². The summed E-state index contributed by atoms with van der Waals surface area (Å²) in [6.45, 7) is 0. The van der Waals surface area contributed by atoms with Crippen LogP contribution in [0.3, 0.4) is 0 Å². The maximum absolute atomic E-state index is 11.8. The minimum absolute atomic E-state index is 0. The summed E-state index contributed by atoms with van der Waals surface area (Å²) in [6.07, 6.45) is 0. The standard InChI is InChI=1S/C10H8O7S2.2K/c11-9-8(18(12,13)14)5-6-3-1-2-4-7(6)10(9)19(15,16)17;;/h1-5,11H,(H,12,13,14)(H,15,16,17);;/q;2*+1/p-2. The number of hydrogen-bond acceptors (Lipinski definition) is 6. The molecule has 2 aromatic rings. The molecular formula is C10H6K2O7S2. The van der Waals surface area contributed by atoms with Gasteiger partial charge in [0.05, 0.1) is 4.90 Å². The van der Waals surface area contributed by atoms with E-state index in [2.05, 4.69) is 0 Å². The fourth-order valence-corrected chi connectivity index (χ4v) is 3.19. The quantitative estimate of drug-likeness (QED) is 0.405. The summed E-state index contributed by atoms with van der Waals surface area (Å²) in [5, 5.41) is 11.7. The predicted molar refractivity (Wildman–Crippen MR) is 61.2 cm³/mol. The van der Waals surface area contributed by atoms with Crippen molar-refractivity contribution in [2.75, 3.05) is 0 Å². The van der Waals surface area contributed by atoms with Gasteiger partial charge in [-0.1, -0.05) is 30.0 Å². The van der Waals surface area contributed by atoms with Crippen LogP contribution in [0.5, 0.6) is 5.75 Å². The van der Waals surface area contributed by atoms with E-state index in [-0.39, 0.29) is 114 Å². The molecule has 0 aliphatic heterocycles. The minimum atomic E-state index is -5.15. The van der Waals surface area contributed by atoms with Crippen molar-refractivity contribution >= 4 is 31.0 Å². The van der Waals surface area contributed by atoms with E-state index in [4.69, 9.17) is 4.55 Å². The fraction of sp³-hybridized carbons (Fsp3) is 0. The number of benzene rings is 2. The monoisotopic (exact) mass is 380 g/mol. The smallest absolute Gasteiger partial charge is 0.871 e. The van der Waals surface area contributed by atoms with Gasteiger partial charge in [0.2, 0.25) is 0 Å². The zero-order chi connectivity index (χ0) is 14.4. The molecule has 0 heterocycles. The molecule has 0 unspecified atom stereocenters. The van der Waals surface area contributed by atoms with Crippen molar-refractivity contribution in [3.8, 4) is 5.75 Å². The van der Waals surface area contributed by atoms with E-state index in [0.717, 1.165) is 6.07 Å². The first kappa shape index (κ1) is 22.6. The Labute approximate surface area is 206 Å². The van der Waals surface area contributed by atoms with Crippen LogP contribution in [-0.2, 0) is 20.2 Å². The normalized spacial score (nSPS) is 11.5. The van der Waals surface area contributed by atoms with Crippen LogP contribution >= 0.6 is 0 Å². The Morgan fingerprint density at radius 3 is 2.00 bits per heavy atom. The first-order valence-electron chi connectivity index (χ1n) is 4.78. The average molecular weight is 380 g/mol. The molecule has 0 bridgehead atoms. The summed E-state index contributed by atoms with van der Waals surface area (Å²) in [4.78, 5) is -2.32. The second-order valence-corrected chi connectivity index (χ2v) is 6.39. The molecule has 21 heavy (non-hydrogen) atoms. The van der Waals surface area contributed by atoms with Crippen molar-refractivity contribution in [2.24, 2.45) is 0 Å². The first-order valence-corrected chi connectivity index (χ1v) is 7.63. The van der Waals surface area contributed by atoms with Crippen molar-refractivity contribution in [1.29, 1.82) is 0 Å².